The Kier molecular flexibility index (Phi) is 4.71. The fraction of sp³-hybridized carbons (Fsp3) is 0.462. The molecule has 0 unspecified atom stereocenters. The van der Waals surface area contributed by atoms with E-state index in [1.165, 1.54) is 0 Å². The van der Waals surface area contributed by atoms with Crippen LogP contribution in [-0.2, 0) is 11.3 Å². The minimum Gasteiger partial charge on any atom is -0.286 e. The van der Waals surface area contributed by atoms with Crippen molar-refractivity contribution in [1.29, 1.82) is 0 Å². The van der Waals surface area contributed by atoms with Crippen LogP contribution in [0.25, 0.3) is 0 Å². The van der Waals surface area contributed by atoms with E-state index < -0.39 is 5.41 Å². The maximum Gasteiger partial charge on any atom is 0.251 e. The van der Waals surface area contributed by atoms with Crippen molar-refractivity contribution in [2.45, 2.75) is 33.7 Å². The van der Waals surface area contributed by atoms with Crippen molar-refractivity contribution >= 4 is 21.8 Å². The van der Waals surface area contributed by atoms with Gasteiger partial charge in [-0.25, -0.2) is 5.06 Å². The molecule has 0 saturated heterocycles. The number of carbonyl (C=O) groups is 1. The SMILES string of the molecule is CCC(C)(C)C(=O)N(O)Cc1cccc(Br)c1. The van der Waals surface area contributed by atoms with Crippen LogP contribution in [0, 0.1) is 5.41 Å². The number of nitrogens with zero attached hydrogens (tertiary/aromatic N) is 1. The summed E-state index contributed by atoms with van der Waals surface area (Å²) in [5.74, 6) is -0.250. The van der Waals surface area contributed by atoms with Crippen molar-refractivity contribution in [2.75, 3.05) is 0 Å². The third kappa shape index (κ3) is 3.82. The number of hydrogen-bond donors (Lipinski definition) is 1. The Hall–Kier alpha value is -0.870. The molecule has 17 heavy (non-hydrogen) atoms. The molecular weight excluding hydrogens is 282 g/mol. The number of carbonyl (C=O) groups excluding carboxylic acids is 1. The van der Waals surface area contributed by atoms with Crippen LogP contribution in [0.15, 0.2) is 28.7 Å². The van der Waals surface area contributed by atoms with Crippen molar-refractivity contribution in [3.63, 3.8) is 0 Å². The summed E-state index contributed by atoms with van der Waals surface area (Å²) in [6, 6.07) is 7.54. The van der Waals surface area contributed by atoms with Gasteiger partial charge in [0.2, 0.25) is 0 Å². The predicted octanol–water partition coefficient (Wildman–Crippen LogP) is 3.60. The molecule has 1 aromatic carbocycles. The number of halogens is 1. The second-order valence-corrected chi connectivity index (χ2v) is 5.65. The average Bonchev–Trinajstić information content (AvgIpc) is 2.28. The lowest BCUT2D eigenvalue weighted by Gasteiger charge is -2.26. The molecule has 0 fully saturated rings. The Bertz CT molecular complexity index is 404. The molecule has 94 valence electrons. The Morgan fingerprint density at radius 2 is 2.12 bits per heavy atom. The van der Waals surface area contributed by atoms with E-state index in [1.807, 2.05) is 45.0 Å². The van der Waals surface area contributed by atoms with E-state index >= 15 is 0 Å². The Morgan fingerprint density at radius 3 is 2.65 bits per heavy atom. The highest BCUT2D eigenvalue weighted by Gasteiger charge is 2.29. The molecule has 0 aliphatic heterocycles. The summed E-state index contributed by atoms with van der Waals surface area (Å²) in [4.78, 5) is 11.9. The van der Waals surface area contributed by atoms with Crippen LogP contribution in [0.5, 0.6) is 0 Å². The lowest BCUT2D eigenvalue weighted by molar-refractivity contribution is -0.178. The molecule has 1 N–H and O–H groups in total. The molecule has 3 nitrogen and oxygen atoms in total. The van der Waals surface area contributed by atoms with Gasteiger partial charge in [0.1, 0.15) is 0 Å². The summed E-state index contributed by atoms with van der Waals surface area (Å²) in [7, 11) is 0. The highest BCUT2D eigenvalue weighted by Crippen LogP contribution is 2.23. The van der Waals surface area contributed by atoms with Crippen LogP contribution in [-0.4, -0.2) is 16.2 Å². The second kappa shape index (κ2) is 5.65. The van der Waals surface area contributed by atoms with Crippen LogP contribution in [0.1, 0.15) is 32.8 Å². The zero-order valence-corrected chi connectivity index (χ0v) is 12.0. The van der Waals surface area contributed by atoms with Gasteiger partial charge in [0.15, 0.2) is 0 Å². The fourth-order valence-electron chi connectivity index (χ4n) is 1.38. The lowest BCUT2D eigenvalue weighted by Crippen LogP contribution is -2.38. The molecule has 0 spiro atoms. The zero-order valence-electron chi connectivity index (χ0n) is 10.4. The maximum atomic E-state index is 11.9. The van der Waals surface area contributed by atoms with Crippen molar-refractivity contribution < 1.29 is 10.0 Å². The molecule has 0 aliphatic carbocycles. The topological polar surface area (TPSA) is 40.5 Å². The van der Waals surface area contributed by atoms with Gasteiger partial charge in [-0.1, -0.05) is 48.8 Å². The number of amides is 1. The minimum absolute atomic E-state index is 0.210. The summed E-state index contributed by atoms with van der Waals surface area (Å²) in [6.45, 7) is 5.81. The summed E-state index contributed by atoms with van der Waals surface area (Å²) in [6.07, 6.45) is 0.696. The van der Waals surface area contributed by atoms with E-state index in [1.54, 1.807) is 0 Å². The first kappa shape index (κ1) is 14.2. The Labute approximate surface area is 111 Å². The van der Waals surface area contributed by atoms with Gasteiger partial charge in [-0.05, 0) is 24.1 Å². The van der Waals surface area contributed by atoms with E-state index in [9.17, 15) is 10.0 Å². The summed E-state index contributed by atoms with van der Waals surface area (Å²) < 4.78 is 0.936. The van der Waals surface area contributed by atoms with Crippen LogP contribution >= 0.6 is 15.9 Å². The average molecular weight is 300 g/mol. The van der Waals surface area contributed by atoms with Crippen LogP contribution in [0.4, 0.5) is 0 Å². The minimum atomic E-state index is -0.527. The van der Waals surface area contributed by atoms with E-state index in [4.69, 9.17) is 0 Å². The van der Waals surface area contributed by atoms with Crippen molar-refractivity contribution in [2.24, 2.45) is 5.41 Å². The van der Waals surface area contributed by atoms with Crippen molar-refractivity contribution in [1.82, 2.24) is 5.06 Å². The monoisotopic (exact) mass is 299 g/mol. The highest BCUT2D eigenvalue weighted by molar-refractivity contribution is 9.10. The molecule has 0 saturated carbocycles. The molecular formula is C13H18BrNO2. The first-order valence-corrected chi connectivity index (χ1v) is 6.41. The van der Waals surface area contributed by atoms with Gasteiger partial charge in [-0.2, -0.15) is 0 Å². The number of hydrogen-bond acceptors (Lipinski definition) is 2. The van der Waals surface area contributed by atoms with Gasteiger partial charge in [0, 0.05) is 9.89 Å². The molecule has 4 heteroatoms. The van der Waals surface area contributed by atoms with E-state index in [2.05, 4.69) is 15.9 Å². The molecule has 0 bridgehead atoms. The predicted molar refractivity (Wildman–Crippen MR) is 70.6 cm³/mol. The molecule has 1 aromatic rings. The van der Waals surface area contributed by atoms with Gasteiger partial charge in [-0.3, -0.25) is 10.0 Å². The summed E-state index contributed by atoms with van der Waals surface area (Å²) >= 11 is 3.36. The largest absolute Gasteiger partial charge is 0.286 e. The molecule has 0 radical (unpaired) electrons. The van der Waals surface area contributed by atoms with Gasteiger partial charge in [0.25, 0.3) is 5.91 Å². The molecule has 0 aliphatic rings. The van der Waals surface area contributed by atoms with Gasteiger partial charge in [-0.15, -0.1) is 0 Å². The Balaban J connectivity index is 2.73. The van der Waals surface area contributed by atoms with E-state index in [-0.39, 0.29) is 12.5 Å². The van der Waals surface area contributed by atoms with Crippen LogP contribution in [0.3, 0.4) is 0 Å². The van der Waals surface area contributed by atoms with Gasteiger partial charge < -0.3 is 0 Å². The van der Waals surface area contributed by atoms with Crippen LogP contribution < -0.4 is 0 Å². The summed E-state index contributed by atoms with van der Waals surface area (Å²) in [5.41, 5.74) is 0.364. The van der Waals surface area contributed by atoms with Crippen molar-refractivity contribution in [3.05, 3.63) is 34.3 Å². The molecule has 1 amide bonds. The molecule has 0 atom stereocenters. The molecule has 0 aromatic heterocycles. The zero-order chi connectivity index (χ0) is 13.1. The van der Waals surface area contributed by atoms with Gasteiger partial charge in [0.05, 0.1) is 6.54 Å². The molecule has 0 heterocycles. The van der Waals surface area contributed by atoms with Crippen molar-refractivity contribution in [3.8, 4) is 0 Å². The number of hydroxylamine groups is 2. The first-order chi connectivity index (χ1) is 7.86. The Morgan fingerprint density at radius 1 is 1.47 bits per heavy atom. The third-order valence-electron chi connectivity index (χ3n) is 2.92. The summed E-state index contributed by atoms with van der Waals surface area (Å²) in [5, 5.41) is 10.6. The lowest BCUT2D eigenvalue weighted by atomic mass is 9.89. The highest BCUT2D eigenvalue weighted by atomic mass is 79.9. The quantitative estimate of drug-likeness (QED) is 0.681. The van der Waals surface area contributed by atoms with E-state index in [0.29, 0.717) is 6.42 Å². The number of benzene rings is 1. The second-order valence-electron chi connectivity index (χ2n) is 4.73. The van der Waals surface area contributed by atoms with Gasteiger partial charge >= 0.3 is 0 Å². The smallest absolute Gasteiger partial charge is 0.251 e. The van der Waals surface area contributed by atoms with Crippen LogP contribution in [0.2, 0.25) is 0 Å². The number of rotatable bonds is 4. The third-order valence-corrected chi connectivity index (χ3v) is 3.41. The first-order valence-electron chi connectivity index (χ1n) is 5.62. The fourth-order valence-corrected chi connectivity index (χ4v) is 1.83. The normalized spacial score (nSPS) is 11.4. The standard InChI is InChI=1S/C13H18BrNO2/c1-4-13(2,3)12(16)15(17)9-10-6-5-7-11(14)8-10/h5-8,17H,4,9H2,1-3H3. The van der Waals surface area contributed by atoms with E-state index in [0.717, 1.165) is 15.1 Å². The maximum absolute atomic E-state index is 11.9. The molecule has 1 rings (SSSR count).